The van der Waals surface area contributed by atoms with E-state index in [1.54, 1.807) is 18.5 Å². The Kier molecular flexibility index (Phi) is 12.2. The van der Waals surface area contributed by atoms with Crippen LogP contribution in [0, 0.1) is 11.7 Å². The molecule has 0 fully saturated rings. The van der Waals surface area contributed by atoms with Crippen molar-refractivity contribution in [1.82, 2.24) is 18.8 Å². The van der Waals surface area contributed by atoms with Gasteiger partial charge in [-0.15, -0.1) is 0 Å². The minimum atomic E-state index is -4.13. The number of anilines is 1. The van der Waals surface area contributed by atoms with Crippen molar-refractivity contribution in [3.05, 3.63) is 66.4 Å². The van der Waals surface area contributed by atoms with Gasteiger partial charge in [0.15, 0.2) is 5.03 Å². The maximum atomic E-state index is 14.3. The zero-order valence-corrected chi connectivity index (χ0v) is 29.4. The maximum Gasteiger partial charge on any atom is 0.261 e. The van der Waals surface area contributed by atoms with Crippen molar-refractivity contribution >= 4 is 31.6 Å². The lowest BCUT2D eigenvalue weighted by molar-refractivity contribution is -0.00835. The summed E-state index contributed by atoms with van der Waals surface area (Å²) in [6.07, 6.45) is 3.93. The molecule has 13 nitrogen and oxygen atoms in total. The third-order valence-electron chi connectivity index (χ3n) is 8.22. The zero-order chi connectivity index (χ0) is 35.2. The average molecular weight is 710 g/mol. The summed E-state index contributed by atoms with van der Waals surface area (Å²) in [6.45, 7) is 5.42. The van der Waals surface area contributed by atoms with E-state index in [2.05, 4.69) is 9.71 Å². The van der Waals surface area contributed by atoms with Crippen molar-refractivity contribution in [2.45, 2.75) is 68.2 Å². The van der Waals surface area contributed by atoms with Crippen LogP contribution in [0.3, 0.4) is 0 Å². The molecule has 0 spiro atoms. The van der Waals surface area contributed by atoms with E-state index in [0.29, 0.717) is 19.4 Å². The summed E-state index contributed by atoms with van der Waals surface area (Å²) in [5.74, 6) is -1.28. The second-order valence-corrected chi connectivity index (χ2v) is 15.9. The van der Waals surface area contributed by atoms with Crippen LogP contribution in [0.4, 0.5) is 10.1 Å². The molecular formula is C32H44FN5O8S2. The summed E-state index contributed by atoms with van der Waals surface area (Å²) in [5.41, 5.74) is 0.147. The van der Waals surface area contributed by atoms with Gasteiger partial charge in [0.05, 0.1) is 41.6 Å². The van der Waals surface area contributed by atoms with Crippen molar-refractivity contribution in [3.8, 4) is 5.75 Å². The fourth-order valence-corrected chi connectivity index (χ4v) is 7.50. The fraction of sp³-hybridized carbons (Fsp3) is 0.500. The number of aryl methyl sites for hydroxylation is 1. The number of aliphatic hydroxyl groups excluding tert-OH is 1. The number of aliphatic hydroxyl groups is 1. The average Bonchev–Trinajstić information content (AvgIpc) is 3.49. The van der Waals surface area contributed by atoms with Gasteiger partial charge in [0.2, 0.25) is 0 Å². The molecule has 16 heteroatoms. The number of sulfonamides is 2. The summed E-state index contributed by atoms with van der Waals surface area (Å²) in [7, 11) is -4.92. The lowest BCUT2D eigenvalue weighted by atomic mass is 10.0. The van der Waals surface area contributed by atoms with Crippen LogP contribution >= 0.6 is 0 Å². The molecule has 0 radical (unpaired) electrons. The highest BCUT2D eigenvalue weighted by Crippen LogP contribution is 2.30. The first kappa shape index (κ1) is 37.3. The molecule has 0 aliphatic carbocycles. The number of hydrogen-bond acceptors (Lipinski definition) is 9. The number of ether oxygens (including phenoxy) is 2. The van der Waals surface area contributed by atoms with Crippen LogP contribution in [0.5, 0.6) is 5.75 Å². The van der Waals surface area contributed by atoms with Crippen molar-refractivity contribution in [1.29, 1.82) is 0 Å². The van der Waals surface area contributed by atoms with E-state index < -0.39 is 49.8 Å². The van der Waals surface area contributed by atoms with Gasteiger partial charge in [-0.25, -0.2) is 26.2 Å². The van der Waals surface area contributed by atoms with Crippen molar-refractivity contribution in [2.24, 2.45) is 13.0 Å². The number of carbonyl (C=O) groups is 1. The van der Waals surface area contributed by atoms with Gasteiger partial charge < -0.3 is 24.0 Å². The molecule has 48 heavy (non-hydrogen) atoms. The first-order chi connectivity index (χ1) is 22.6. The molecule has 2 N–H and O–H groups in total. The van der Waals surface area contributed by atoms with E-state index in [0.717, 1.165) is 30.7 Å². The standard InChI is InChI=1S/C32H44FN5O8S2/c1-22-17-38(23(2)20-39)32(40)28-16-26(35-47(41,42)27-12-9-25(33)10-13-27)11-14-29(28)46-24(3)8-6-7-15-45-30(22)18-37(5)48(43,44)31-19-36(4)21-34-31/h9-14,16,19,21-24,30,35,39H,6-8,15,17-18,20H2,1-5H3/t22-,23-,24+,30-/m0/s1. The van der Waals surface area contributed by atoms with E-state index in [-0.39, 0.29) is 52.7 Å². The molecule has 264 valence electrons. The van der Waals surface area contributed by atoms with E-state index in [4.69, 9.17) is 9.47 Å². The number of hydrogen-bond donors (Lipinski definition) is 2. The highest BCUT2D eigenvalue weighted by molar-refractivity contribution is 7.92. The molecule has 4 atom stereocenters. The number of nitrogens with zero attached hydrogens (tertiary/aromatic N) is 4. The molecule has 2 aromatic carbocycles. The first-order valence-corrected chi connectivity index (χ1v) is 18.6. The molecule has 3 aromatic rings. The first-order valence-electron chi connectivity index (χ1n) is 15.7. The number of imidazole rings is 1. The Morgan fingerprint density at radius 1 is 1.12 bits per heavy atom. The Bertz CT molecular complexity index is 1770. The van der Waals surface area contributed by atoms with Gasteiger partial charge in [0.25, 0.3) is 26.0 Å². The molecule has 4 rings (SSSR count). The van der Waals surface area contributed by atoms with Crippen molar-refractivity contribution in [3.63, 3.8) is 0 Å². The number of nitrogens with one attached hydrogen (secondary N) is 1. The lowest BCUT2D eigenvalue weighted by Gasteiger charge is -2.35. The quantitative estimate of drug-likeness (QED) is 0.339. The Morgan fingerprint density at radius 3 is 2.48 bits per heavy atom. The van der Waals surface area contributed by atoms with Crippen LogP contribution in [0.2, 0.25) is 0 Å². The van der Waals surface area contributed by atoms with E-state index >= 15 is 0 Å². The van der Waals surface area contributed by atoms with E-state index in [1.807, 2.05) is 13.8 Å². The largest absolute Gasteiger partial charge is 0.490 e. The number of benzene rings is 2. The van der Waals surface area contributed by atoms with Crippen LogP contribution < -0.4 is 9.46 Å². The van der Waals surface area contributed by atoms with Crippen molar-refractivity contribution < 1.29 is 40.6 Å². The smallest absolute Gasteiger partial charge is 0.261 e. The number of fused-ring (bicyclic) bond motifs is 1. The maximum absolute atomic E-state index is 14.3. The Morgan fingerprint density at radius 2 is 1.83 bits per heavy atom. The fourth-order valence-electron chi connectivity index (χ4n) is 5.31. The lowest BCUT2D eigenvalue weighted by Crippen LogP contribution is -2.48. The monoisotopic (exact) mass is 709 g/mol. The van der Waals surface area contributed by atoms with Crippen LogP contribution in [0.25, 0.3) is 0 Å². The van der Waals surface area contributed by atoms with Gasteiger partial charge in [-0.1, -0.05) is 6.92 Å². The third kappa shape index (κ3) is 9.11. The van der Waals surface area contributed by atoms with Crippen LogP contribution in [0.1, 0.15) is 50.4 Å². The topological polar surface area (TPSA) is 160 Å². The van der Waals surface area contributed by atoms with Gasteiger partial charge in [0.1, 0.15) is 11.6 Å². The van der Waals surface area contributed by atoms with Crippen LogP contribution in [-0.4, -0.2) is 98.2 Å². The van der Waals surface area contributed by atoms with Crippen LogP contribution in [-0.2, 0) is 31.8 Å². The Balaban J connectivity index is 1.68. The number of halogens is 1. The summed E-state index contributed by atoms with van der Waals surface area (Å²) in [6, 6.07) is 8.05. The number of likely N-dealkylation sites (N-methyl/N-ethyl adjacent to an activating group) is 1. The second-order valence-electron chi connectivity index (χ2n) is 12.2. The van der Waals surface area contributed by atoms with E-state index in [1.165, 1.54) is 47.0 Å². The molecule has 0 saturated heterocycles. The van der Waals surface area contributed by atoms with Gasteiger partial charge >= 0.3 is 0 Å². The Hall–Kier alpha value is -3.57. The van der Waals surface area contributed by atoms with Gasteiger partial charge in [-0.2, -0.15) is 4.31 Å². The third-order valence-corrected chi connectivity index (χ3v) is 11.3. The summed E-state index contributed by atoms with van der Waals surface area (Å²) in [4.78, 5) is 19.6. The second kappa shape index (κ2) is 15.8. The van der Waals surface area contributed by atoms with Crippen molar-refractivity contribution in [2.75, 3.05) is 38.1 Å². The predicted octanol–water partition coefficient (Wildman–Crippen LogP) is 3.48. The highest BCUT2D eigenvalue weighted by atomic mass is 32.2. The number of rotatable bonds is 9. The summed E-state index contributed by atoms with van der Waals surface area (Å²) < 4.78 is 83.8. The molecule has 0 unspecified atom stereocenters. The SMILES string of the molecule is C[C@@H]1CCCCO[C@@H](CN(C)S(=O)(=O)c2cn(C)cn2)[C@@H](C)CN([C@@H](C)CO)C(=O)c2cc(NS(=O)(=O)c3ccc(F)cc3)ccc2O1. The number of carbonyl (C=O) groups excluding carboxylic acids is 1. The molecule has 0 bridgehead atoms. The normalized spacial score (nSPS) is 20.9. The Labute approximate surface area is 281 Å². The molecule has 1 aliphatic heterocycles. The minimum absolute atomic E-state index is 0.0129. The molecule has 1 aliphatic rings. The zero-order valence-electron chi connectivity index (χ0n) is 27.7. The molecule has 1 aromatic heterocycles. The summed E-state index contributed by atoms with van der Waals surface area (Å²) in [5, 5.41) is 10.1. The highest BCUT2D eigenvalue weighted by Gasteiger charge is 2.33. The van der Waals surface area contributed by atoms with Gasteiger partial charge in [-0.3, -0.25) is 9.52 Å². The molecular weight excluding hydrogens is 666 g/mol. The predicted molar refractivity (Wildman–Crippen MR) is 177 cm³/mol. The molecule has 1 amide bonds. The van der Waals surface area contributed by atoms with Gasteiger partial charge in [-0.05, 0) is 75.6 Å². The molecule has 2 heterocycles. The van der Waals surface area contributed by atoms with Gasteiger partial charge in [0, 0.05) is 51.6 Å². The molecule has 0 saturated carbocycles. The van der Waals surface area contributed by atoms with E-state index in [9.17, 15) is 31.1 Å². The summed E-state index contributed by atoms with van der Waals surface area (Å²) >= 11 is 0. The number of aromatic nitrogens is 2. The van der Waals surface area contributed by atoms with Crippen LogP contribution in [0.15, 0.2) is 64.9 Å². The number of amides is 1. The minimum Gasteiger partial charge on any atom is -0.490 e.